The molecule has 9 nitrogen and oxygen atoms in total. The van der Waals surface area contributed by atoms with Gasteiger partial charge in [-0.15, -0.1) is 0 Å². The molecule has 0 aromatic heterocycles. The highest BCUT2D eigenvalue weighted by Crippen LogP contribution is 1.97. The largest absolute Gasteiger partial charge is 0.480 e. The van der Waals surface area contributed by atoms with Crippen LogP contribution in [0.1, 0.15) is 12.8 Å². The number of hydrogen-bond donors (Lipinski definition) is 5. The van der Waals surface area contributed by atoms with Gasteiger partial charge in [0.1, 0.15) is 13.1 Å². The molecule has 0 aliphatic rings. The van der Waals surface area contributed by atoms with Crippen LogP contribution in [0.5, 0.6) is 0 Å². The van der Waals surface area contributed by atoms with E-state index in [1.165, 1.54) is 7.05 Å². The lowest BCUT2D eigenvalue weighted by molar-refractivity contribution is -0.138. The molecule has 0 spiro atoms. The van der Waals surface area contributed by atoms with Gasteiger partial charge in [-0.2, -0.15) is 0 Å². The van der Waals surface area contributed by atoms with Crippen LogP contribution < -0.4 is 16.0 Å². The van der Waals surface area contributed by atoms with Crippen molar-refractivity contribution in [2.75, 3.05) is 20.1 Å². The van der Waals surface area contributed by atoms with Crippen molar-refractivity contribution in [1.29, 1.82) is 0 Å². The van der Waals surface area contributed by atoms with E-state index in [0.29, 0.717) is 0 Å². The van der Waals surface area contributed by atoms with Crippen LogP contribution >= 0.6 is 0 Å². The predicted molar refractivity (Wildman–Crippen MR) is 63.4 cm³/mol. The van der Waals surface area contributed by atoms with Crippen LogP contribution in [0.3, 0.4) is 0 Å². The number of carboxylic acids is 2. The molecule has 0 aliphatic heterocycles. The minimum Gasteiger partial charge on any atom is -0.480 e. The summed E-state index contributed by atoms with van der Waals surface area (Å²) in [7, 11) is 1.50. The molecular formula is C10H17N3O6. The number of aliphatic carboxylic acids is 2. The predicted octanol–water partition coefficient (Wildman–Crippen LogP) is -2.24. The summed E-state index contributed by atoms with van der Waals surface area (Å²) in [4.78, 5) is 43.2. The first kappa shape index (κ1) is 16.8. The number of hydrogen-bond acceptors (Lipinski definition) is 5. The zero-order chi connectivity index (χ0) is 14.8. The maximum Gasteiger partial charge on any atom is 0.322 e. The van der Waals surface area contributed by atoms with E-state index in [1.807, 2.05) is 0 Å². The Morgan fingerprint density at radius 1 is 1.00 bits per heavy atom. The maximum atomic E-state index is 11.5. The molecule has 5 N–H and O–H groups in total. The molecule has 0 saturated heterocycles. The van der Waals surface area contributed by atoms with Gasteiger partial charge in [-0.25, -0.2) is 0 Å². The van der Waals surface area contributed by atoms with Crippen LogP contribution in [0, 0.1) is 0 Å². The molecule has 0 aromatic carbocycles. The van der Waals surface area contributed by atoms with Crippen molar-refractivity contribution < 1.29 is 29.4 Å². The van der Waals surface area contributed by atoms with E-state index < -0.39 is 42.9 Å². The first-order valence-electron chi connectivity index (χ1n) is 5.52. The van der Waals surface area contributed by atoms with Gasteiger partial charge in [0.05, 0.1) is 6.04 Å². The first-order valence-corrected chi connectivity index (χ1v) is 5.52. The summed E-state index contributed by atoms with van der Waals surface area (Å²) >= 11 is 0. The second-order valence-electron chi connectivity index (χ2n) is 3.66. The number of carboxylic acid groups (broad SMARTS) is 2. The number of nitrogens with one attached hydrogen (secondary N) is 3. The summed E-state index contributed by atoms with van der Waals surface area (Å²) in [5.41, 5.74) is 0. The molecule has 19 heavy (non-hydrogen) atoms. The van der Waals surface area contributed by atoms with Crippen molar-refractivity contribution in [3.63, 3.8) is 0 Å². The molecule has 0 fully saturated rings. The van der Waals surface area contributed by atoms with Gasteiger partial charge in [-0.3, -0.25) is 19.2 Å². The minimum absolute atomic E-state index is 0.0424. The third kappa shape index (κ3) is 8.55. The number of amides is 2. The average Bonchev–Trinajstić information content (AvgIpc) is 2.34. The summed E-state index contributed by atoms with van der Waals surface area (Å²) < 4.78 is 0. The highest BCUT2D eigenvalue weighted by atomic mass is 16.4. The van der Waals surface area contributed by atoms with Crippen molar-refractivity contribution in [3.05, 3.63) is 0 Å². The van der Waals surface area contributed by atoms with Crippen molar-refractivity contribution >= 4 is 23.8 Å². The van der Waals surface area contributed by atoms with E-state index >= 15 is 0 Å². The number of carbonyl (C=O) groups excluding carboxylic acids is 2. The average molecular weight is 275 g/mol. The van der Waals surface area contributed by atoms with Crippen LogP contribution in [-0.2, 0) is 19.2 Å². The van der Waals surface area contributed by atoms with Gasteiger partial charge in [-0.1, -0.05) is 0 Å². The second kappa shape index (κ2) is 8.86. The summed E-state index contributed by atoms with van der Waals surface area (Å²) in [6, 6.07) is -0.713. The summed E-state index contributed by atoms with van der Waals surface area (Å²) in [6.07, 6.45) is 0.0900. The van der Waals surface area contributed by atoms with E-state index in [0.717, 1.165) is 0 Å². The summed E-state index contributed by atoms with van der Waals surface area (Å²) in [6.45, 7) is -0.976. The highest BCUT2D eigenvalue weighted by Gasteiger charge is 2.18. The molecule has 0 aliphatic carbocycles. The summed E-state index contributed by atoms with van der Waals surface area (Å²) in [5.74, 6) is -3.34. The topological polar surface area (TPSA) is 145 Å². The van der Waals surface area contributed by atoms with Crippen LogP contribution in [0.2, 0.25) is 0 Å². The molecule has 0 rings (SSSR count). The quantitative estimate of drug-likeness (QED) is 0.320. The highest BCUT2D eigenvalue weighted by molar-refractivity contribution is 5.86. The van der Waals surface area contributed by atoms with Gasteiger partial charge in [0, 0.05) is 6.42 Å². The fourth-order valence-corrected chi connectivity index (χ4v) is 1.23. The third-order valence-corrected chi connectivity index (χ3v) is 2.18. The first-order chi connectivity index (χ1) is 8.86. The van der Waals surface area contributed by atoms with Crippen molar-refractivity contribution in [3.8, 4) is 0 Å². The number of likely N-dealkylation sites (N-methyl/N-ethyl adjacent to an activating group) is 1. The maximum absolute atomic E-state index is 11.5. The lowest BCUT2D eigenvalue weighted by atomic mass is 10.1. The zero-order valence-corrected chi connectivity index (χ0v) is 10.4. The molecule has 1 unspecified atom stereocenters. The Morgan fingerprint density at radius 3 is 2.00 bits per heavy atom. The minimum atomic E-state index is -1.16. The normalized spacial score (nSPS) is 11.4. The SMILES string of the molecule is CNC(CCC(=O)NCC(=O)O)C(=O)NCC(=O)O. The molecule has 9 heteroatoms. The van der Waals surface area contributed by atoms with Crippen LogP contribution in [-0.4, -0.2) is 60.1 Å². The standard InChI is InChI=1S/C10H17N3O6/c1-11-6(10(19)13-5-9(17)18)2-3-7(14)12-4-8(15)16/h6,11H,2-5H2,1H3,(H,12,14)(H,13,19)(H,15,16)(H,17,18). The van der Waals surface area contributed by atoms with E-state index in [4.69, 9.17) is 10.2 Å². The Labute approximate surface area is 109 Å². The molecule has 1 atom stereocenters. The molecule has 0 bridgehead atoms. The van der Waals surface area contributed by atoms with E-state index in [-0.39, 0.29) is 12.8 Å². The van der Waals surface area contributed by atoms with Crippen LogP contribution in [0.4, 0.5) is 0 Å². The Bertz CT molecular complexity index is 357. The van der Waals surface area contributed by atoms with Gasteiger partial charge >= 0.3 is 11.9 Å². The van der Waals surface area contributed by atoms with Crippen LogP contribution in [0.25, 0.3) is 0 Å². The molecule has 0 aromatic rings. The number of carbonyl (C=O) groups is 4. The van der Waals surface area contributed by atoms with E-state index in [2.05, 4.69) is 16.0 Å². The Hall–Kier alpha value is -2.16. The second-order valence-corrected chi connectivity index (χ2v) is 3.66. The van der Waals surface area contributed by atoms with Gasteiger partial charge in [0.2, 0.25) is 11.8 Å². The van der Waals surface area contributed by atoms with Gasteiger partial charge < -0.3 is 26.2 Å². The molecule has 0 heterocycles. The lowest BCUT2D eigenvalue weighted by Crippen LogP contribution is -2.45. The third-order valence-electron chi connectivity index (χ3n) is 2.18. The lowest BCUT2D eigenvalue weighted by Gasteiger charge is -2.14. The van der Waals surface area contributed by atoms with Crippen molar-refractivity contribution in [2.24, 2.45) is 0 Å². The van der Waals surface area contributed by atoms with Crippen molar-refractivity contribution in [1.82, 2.24) is 16.0 Å². The van der Waals surface area contributed by atoms with Gasteiger partial charge in [-0.05, 0) is 13.5 Å². The van der Waals surface area contributed by atoms with Crippen LogP contribution in [0.15, 0.2) is 0 Å². The zero-order valence-electron chi connectivity index (χ0n) is 10.4. The summed E-state index contributed by atoms with van der Waals surface area (Å²) in [5, 5.41) is 23.7. The smallest absolute Gasteiger partial charge is 0.322 e. The fourth-order valence-electron chi connectivity index (χ4n) is 1.23. The Balaban J connectivity index is 4.04. The molecule has 0 radical (unpaired) electrons. The van der Waals surface area contributed by atoms with Gasteiger partial charge in [0.25, 0.3) is 0 Å². The van der Waals surface area contributed by atoms with Gasteiger partial charge in [0.15, 0.2) is 0 Å². The fraction of sp³-hybridized carbons (Fsp3) is 0.600. The molecule has 0 saturated carbocycles. The Kier molecular flexibility index (Phi) is 7.85. The Morgan fingerprint density at radius 2 is 1.53 bits per heavy atom. The number of rotatable bonds is 9. The monoisotopic (exact) mass is 275 g/mol. The molecule has 108 valence electrons. The molecular weight excluding hydrogens is 258 g/mol. The van der Waals surface area contributed by atoms with E-state index in [9.17, 15) is 19.2 Å². The van der Waals surface area contributed by atoms with Crippen molar-refractivity contribution in [2.45, 2.75) is 18.9 Å². The molecule has 2 amide bonds. The van der Waals surface area contributed by atoms with E-state index in [1.54, 1.807) is 0 Å².